The first kappa shape index (κ1) is 15.4. The zero-order valence-corrected chi connectivity index (χ0v) is 13.1. The molecule has 0 aliphatic rings. The second-order valence-corrected chi connectivity index (χ2v) is 5.68. The molecule has 0 fully saturated rings. The van der Waals surface area contributed by atoms with Crippen LogP contribution in [-0.2, 0) is 0 Å². The van der Waals surface area contributed by atoms with Gasteiger partial charge in [0.1, 0.15) is 11.6 Å². The van der Waals surface area contributed by atoms with Crippen molar-refractivity contribution in [3.8, 4) is 0 Å². The fraction of sp³-hybridized carbons (Fsp3) is 0.200. The lowest BCUT2D eigenvalue weighted by Crippen LogP contribution is -2.22. The van der Waals surface area contributed by atoms with Gasteiger partial charge >= 0.3 is 0 Å². The molecule has 0 aromatic heterocycles. The highest BCUT2D eigenvalue weighted by Gasteiger charge is 2.17. The minimum atomic E-state index is -0.601. The summed E-state index contributed by atoms with van der Waals surface area (Å²) in [6.45, 7) is 2.57. The van der Waals surface area contributed by atoms with Crippen LogP contribution < -0.4 is 5.32 Å². The summed E-state index contributed by atoms with van der Waals surface area (Å²) in [7, 11) is 0. The Balaban J connectivity index is 2.49. The molecule has 0 saturated carbocycles. The number of hydrogen-bond acceptors (Lipinski definition) is 1. The van der Waals surface area contributed by atoms with Crippen LogP contribution in [0.15, 0.2) is 40.9 Å². The van der Waals surface area contributed by atoms with E-state index in [4.69, 9.17) is 11.6 Å². The molecule has 1 atom stereocenters. The third kappa shape index (κ3) is 3.57. The van der Waals surface area contributed by atoms with Crippen LogP contribution in [0.3, 0.4) is 0 Å². The number of rotatable bonds is 4. The Morgan fingerprint density at radius 1 is 1.15 bits per heavy atom. The quantitative estimate of drug-likeness (QED) is 0.802. The van der Waals surface area contributed by atoms with Gasteiger partial charge in [-0.3, -0.25) is 0 Å². The van der Waals surface area contributed by atoms with Crippen molar-refractivity contribution in [2.24, 2.45) is 0 Å². The molecule has 0 heterocycles. The average Bonchev–Trinajstić information content (AvgIpc) is 2.35. The van der Waals surface area contributed by atoms with Crippen molar-refractivity contribution in [2.45, 2.75) is 13.0 Å². The molecule has 1 nitrogen and oxygen atoms in total. The molecule has 1 unspecified atom stereocenters. The van der Waals surface area contributed by atoms with Gasteiger partial charge in [0.15, 0.2) is 0 Å². The van der Waals surface area contributed by atoms with Crippen molar-refractivity contribution >= 4 is 27.5 Å². The third-order valence-corrected chi connectivity index (χ3v) is 3.72. The van der Waals surface area contributed by atoms with Gasteiger partial charge in [-0.1, -0.05) is 40.5 Å². The summed E-state index contributed by atoms with van der Waals surface area (Å²) in [5, 5.41) is 3.73. The van der Waals surface area contributed by atoms with E-state index in [-0.39, 0.29) is 6.04 Å². The smallest absolute Gasteiger partial charge is 0.126 e. The lowest BCUT2D eigenvalue weighted by Gasteiger charge is -2.20. The van der Waals surface area contributed by atoms with E-state index >= 15 is 0 Å². The van der Waals surface area contributed by atoms with Gasteiger partial charge in [-0.05, 0) is 41.9 Å². The Labute approximate surface area is 130 Å². The van der Waals surface area contributed by atoms with E-state index in [0.29, 0.717) is 17.1 Å². The molecule has 20 heavy (non-hydrogen) atoms. The van der Waals surface area contributed by atoms with Gasteiger partial charge in [0.2, 0.25) is 0 Å². The molecular formula is C15H13BrClF2N. The Hall–Kier alpha value is -0.970. The van der Waals surface area contributed by atoms with Crippen LogP contribution in [0.1, 0.15) is 24.1 Å². The van der Waals surface area contributed by atoms with Crippen molar-refractivity contribution in [3.05, 3.63) is 68.7 Å². The Morgan fingerprint density at radius 3 is 2.35 bits per heavy atom. The van der Waals surface area contributed by atoms with E-state index in [0.717, 1.165) is 16.1 Å². The van der Waals surface area contributed by atoms with Gasteiger partial charge < -0.3 is 5.32 Å². The monoisotopic (exact) mass is 359 g/mol. The molecule has 2 rings (SSSR count). The minimum absolute atomic E-state index is 0.356. The molecule has 0 saturated heterocycles. The highest BCUT2D eigenvalue weighted by Crippen LogP contribution is 2.31. The molecule has 0 aliphatic carbocycles. The van der Waals surface area contributed by atoms with Gasteiger partial charge in [0, 0.05) is 15.6 Å². The Kier molecular flexibility index (Phi) is 5.13. The van der Waals surface area contributed by atoms with E-state index in [1.165, 1.54) is 12.1 Å². The maximum atomic E-state index is 13.4. The largest absolute Gasteiger partial charge is 0.306 e. The predicted octanol–water partition coefficient (Wildman–Crippen LogP) is 5.08. The third-order valence-electron chi connectivity index (χ3n) is 2.90. The molecule has 0 bridgehead atoms. The number of benzene rings is 2. The number of hydrogen-bond donors (Lipinski definition) is 1. The van der Waals surface area contributed by atoms with Crippen molar-refractivity contribution in [1.82, 2.24) is 5.32 Å². The summed E-state index contributed by atoms with van der Waals surface area (Å²) in [6, 6.07) is 8.57. The van der Waals surface area contributed by atoms with Crippen LogP contribution in [0, 0.1) is 11.6 Å². The first-order chi connectivity index (χ1) is 9.51. The van der Waals surface area contributed by atoms with E-state index in [2.05, 4.69) is 21.2 Å². The highest BCUT2D eigenvalue weighted by atomic mass is 79.9. The second kappa shape index (κ2) is 6.66. The van der Waals surface area contributed by atoms with Gasteiger partial charge in [-0.25, -0.2) is 8.78 Å². The number of halogens is 4. The van der Waals surface area contributed by atoms with Gasteiger partial charge in [0.05, 0.1) is 6.04 Å². The van der Waals surface area contributed by atoms with Crippen molar-refractivity contribution in [1.29, 1.82) is 0 Å². The fourth-order valence-corrected chi connectivity index (χ4v) is 2.87. The van der Waals surface area contributed by atoms with Crippen LogP contribution in [0.5, 0.6) is 0 Å². The molecule has 2 aromatic rings. The molecule has 0 aliphatic heterocycles. The Bertz CT molecular complexity index is 599. The van der Waals surface area contributed by atoms with Crippen LogP contribution in [0.25, 0.3) is 0 Å². The molecular weight excluding hydrogens is 348 g/mol. The zero-order chi connectivity index (χ0) is 14.7. The maximum Gasteiger partial charge on any atom is 0.126 e. The lowest BCUT2D eigenvalue weighted by molar-refractivity contribution is 0.565. The predicted molar refractivity (Wildman–Crippen MR) is 81.0 cm³/mol. The maximum absolute atomic E-state index is 13.4. The van der Waals surface area contributed by atoms with E-state index in [1.54, 1.807) is 6.07 Å². The molecule has 0 amide bonds. The summed E-state index contributed by atoms with van der Waals surface area (Å²) >= 11 is 9.57. The van der Waals surface area contributed by atoms with Crippen LogP contribution >= 0.6 is 27.5 Å². The van der Waals surface area contributed by atoms with Crippen molar-refractivity contribution in [2.75, 3.05) is 6.54 Å². The molecule has 0 spiro atoms. The second-order valence-electron chi connectivity index (χ2n) is 4.36. The van der Waals surface area contributed by atoms with E-state index in [9.17, 15) is 8.78 Å². The van der Waals surface area contributed by atoms with Crippen LogP contribution in [0.4, 0.5) is 8.78 Å². The lowest BCUT2D eigenvalue weighted by atomic mass is 9.98. The summed E-state index contributed by atoms with van der Waals surface area (Å²) in [6.07, 6.45) is 0. The molecule has 2 aromatic carbocycles. The molecule has 1 N–H and O–H groups in total. The minimum Gasteiger partial charge on any atom is -0.306 e. The van der Waals surface area contributed by atoms with Crippen molar-refractivity contribution < 1.29 is 8.78 Å². The van der Waals surface area contributed by atoms with E-state index < -0.39 is 11.6 Å². The van der Waals surface area contributed by atoms with Gasteiger partial charge in [-0.2, -0.15) is 0 Å². The van der Waals surface area contributed by atoms with Crippen molar-refractivity contribution in [3.63, 3.8) is 0 Å². The zero-order valence-electron chi connectivity index (χ0n) is 10.8. The number of nitrogens with one attached hydrogen (secondary N) is 1. The van der Waals surface area contributed by atoms with Gasteiger partial charge in [-0.15, -0.1) is 0 Å². The average molecular weight is 361 g/mol. The normalized spacial score (nSPS) is 12.4. The summed E-state index contributed by atoms with van der Waals surface area (Å²) in [5.74, 6) is -1.20. The summed E-state index contributed by atoms with van der Waals surface area (Å²) in [4.78, 5) is 0. The molecule has 5 heteroatoms. The van der Waals surface area contributed by atoms with E-state index in [1.807, 2.05) is 19.1 Å². The standard InChI is InChI=1S/C15H13BrClF2N/c1-2-20-15(9-5-11(18)8-12(19)6-9)13-4-3-10(16)7-14(13)17/h3-8,15,20H,2H2,1H3. The molecule has 0 radical (unpaired) electrons. The topological polar surface area (TPSA) is 12.0 Å². The SMILES string of the molecule is CCNC(c1cc(F)cc(F)c1)c1ccc(Br)cc1Cl. The highest BCUT2D eigenvalue weighted by molar-refractivity contribution is 9.10. The summed E-state index contributed by atoms with van der Waals surface area (Å²) in [5.41, 5.74) is 1.29. The molecule has 106 valence electrons. The van der Waals surface area contributed by atoms with Crippen LogP contribution in [-0.4, -0.2) is 6.54 Å². The fourth-order valence-electron chi connectivity index (χ4n) is 2.09. The Morgan fingerprint density at radius 2 is 1.80 bits per heavy atom. The first-order valence-corrected chi connectivity index (χ1v) is 7.32. The van der Waals surface area contributed by atoms with Crippen LogP contribution in [0.2, 0.25) is 5.02 Å². The van der Waals surface area contributed by atoms with Gasteiger partial charge in [0.25, 0.3) is 0 Å². The summed E-state index contributed by atoms with van der Waals surface area (Å²) < 4.78 is 27.7. The first-order valence-electron chi connectivity index (χ1n) is 6.15.